The average Bonchev–Trinajstić information content (AvgIpc) is 2.59. The molecule has 25 heavy (non-hydrogen) atoms. The maximum atomic E-state index is 12.2. The van der Waals surface area contributed by atoms with Crippen molar-refractivity contribution in [3.63, 3.8) is 0 Å². The van der Waals surface area contributed by atoms with E-state index < -0.39 is 16.6 Å². The zero-order valence-corrected chi connectivity index (χ0v) is 14.2. The maximum Gasteiger partial charge on any atom is 0.345 e. The molecule has 0 aromatic heterocycles. The van der Waals surface area contributed by atoms with Crippen LogP contribution in [0.1, 0.15) is 21.5 Å². The number of rotatable bonds is 4. The van der Waals surface area contributed by atoms with E-state index in [2.05, 4.69) is 0 Å². The predicted molar refractivity (Wildman–Crippen MR) is 89.0 cm³/mol. The normalized spacial score (nSPS) is 12.9. The molecule has 0 bridgehead atoms. The van der Waals surface area contributed by atoms with Crippen LogP contribution in [-0.2, 0) is 22.7 Å². The van der Waals surface area contributed by atoms with Crippen molar-refractivity contribution in [1.29, 1.82) is 0 Å². The van der Waals surface area contributed by atoms with Gasteiger partial charge in [0.25, 0.3) is 5.69 Å². The molecule has 2 aromatic rings. The molecular weight excluding hydrogens is 373 g/mol. The van der Waals surface area contributed by atoms with Gasteiger partial charge in [0.15, 0.2) is 6.79 Å². The van der Waals surface area contributed by atoms with E-state index in [4.69, 9.17) is 37.4 Å². The van der Waals surface area contributed by atoms with Crippen molar-refractivity contribution in [3.05, 3.63) is 67.2 Å². The summed E-state index contributed by atoms with van der Waals surface area (Å²) in [6, 6.07) is 7.04. The number of nitrogens with zero attached hydrogens (tertiary/aromatic N) is 1. The van der Waals surface area contributed by atoms with Gasteiger partial charge in [-0.1, -0.05) is 23.2 Å². The summed E-state index contributed by atoms with van der Waals surface area (Å²) in [7, 11) is 0. The number of fused-ring (bicyclic) bond motifs is 1. The number of benzene rings is 2. The minimum absolute atomic E-state index is 0.0816. The molecular formula is C16H11Cl2NO6. The first-order chi connectivity index (χ1) is 12.0. The molecule has 1 aliphatic heterocycles. The predicted octanol–water partition coefficient (Wildman–Crippen LogP) is 4.13. The van der Waals surface area contributed by atoms with Crippen molar-refractivity contribution in [2.45, 2.75) is 13.2 Å². The number of ether oxygens (including phenoxy) is 3. The Bertz CT molecular complexity index is 855. The van der Waals surface area contributed by atoms with Gasteiger partial charge in [-0.2, -0.15) is 0 Å². The Hall–Kier alpha value is -2.35. The lowest BCUT2D eigenvalue weighted by atomic mass is 10.1. The summed E-state index contributed by atoms with van der Waals surface area (Å²) in [5, 5.41) is 11.7. The van der Waals surface area contributed by atoms with Gasteiger partial charge < -0.3 is 14.2 Å². The minimum Gasteiger partial charge on any atom is -0.467 e. The average molecular weight is 384 g/mol. The zero-order valence-electron chi connectivity index (χ0n) is 12.7. The Morgan fingerprint density at radius 1 is 1.24 bits per heavy atom. The molecule has 7 nitrogen and oxygen atoms in total. The number of hydrogen-bond donors (Lipinski definition) is 0. The van der Waals surface area contributed by atoms with E-state index in [1.807, 2.05) is 0 Å². The van der Waals surface area contributed by atoms with E-state index in [1.54, 1.807) is 12.1 Å². The lowest BCUT2D eigenvalue weighted by Gasteiger charge is -2.21. The highest BCUT2D eigenvalue weighted by Crippen LogP contribution is 2.32. The summed E-state index contributed by atoms with van der Waals surface area (Å²) in [6.45, 7) is 0.263. The van der Waals surface area contributed by atoms with Crippen LogP contribution < -0.4 is 4.74 Å². The van der Waals surface area contributed by atoms with Crippen LogP contribution in [0.4, 0.5) is 5.69 Å². The SMILES string of the molecule is O=C(OCc1cc(Cl)cc2c1OCOC2)c1ccc(Cl)cc1[N+](=O)[O-]. The molecule has 0 N–H and O–H groups in total. The fourth-order valence-electron chi connectivity index (χ4n) is 2.41. The van der Waals surface area contributed by atoms with Gasteiger partial charge in [-0.25, -0.2) is 4.79 Å². The summed E-state index contributed by atoms with van der Waals surface area (Å²) in [5.74, 6) is -0.307. The van der Waals surface area contributed by atoms with Crippen molar-refractivity contribution in [2.24, 2.45) is 0 Å². The molecule has 0 fully saturated rings. The fourth-order valence-corrected chi connectivity index (χ4v) is 2.84. The Kier molecular flexibility index (Phi) is 5.08. The van der Waals surface area contributed by atoms with Crippen LogP contribution in [0, 0.1) is 10.1 Å². The molecule has 9 heteroatoms. The number of esters is 1. The van der Waals surface area contributed by atoms with E-state index in [0.717, 1.165) is 11.6 Å². The second kappa shape index (κ2) is 7.26. The summed E-state index contributed by atoms with van der Waals surface area (Å²) >= 11 is 11.8. The number of carbonyl (C=O) groups excluding carboxylic acids is 1. The molecule has 0 aliphatic carbocycles. The first kappa shape index (κ1) is 17.5. The lowest BCUT2D eigenvalue weighted by molar-refractivity contribution is -0.385. The largest absolute Gasteiger partial charge is 0.467 e. The molecule has 0 saturated carbocycles. The third-order valence-corrected chi connectivity index (χ3v) is 3.94. The fraction of sp³-hybridized carbons (Fsp3) is 0.188. The van der Waals surface area contributed by atoms with Crippen molar-refractivity contribution in [1.82, 2.24) is 0 Å². The molecule has 0 saturated heterocycles. The lowest BCUT2D eigenvalue weighted by Crippen LogP contribution is -2.14. The molecule has 0 radical (unpaired) electrons. The highest BCUT2D eigenvalue weighted by Gasteiger charge is 2.23. The van der Waals surface area contributed by atoms with Gasteiger partial charge in [0.1, 0.15) is 17.9 Å². The Morgan fingerprint density at radius 3 is 2.80 bits per heavy atom. The van der Waals surface area contributed by atoms with E-state index in [1.165, 1.54) is 12.1 Å². The van der Waals surface area contributed by atoms with Crippen LogP contribution in [0.3, 0.4) is 0 Å². The van der Waals surface area contributed by atoms with E-state index in [-0.39, 0.29) is 24.0 Å². The van der Waals surface area contributed by atoms with Crippen molar-refractivity contribution in [2.75, 3.05) is 6.79 Å². The molecule has 2 aromatic carbocycles. The van der Waals surface area contributed by atoms with Gasteiger partial charge in [-0.15, -0.1) is 0 Å². The second-order valence-corrected chi connectivity index (χ2v) is 6.03. The Labute approximate surface area is 152 Å². The number of hydrogen-bond acceptors (Lipinski definition) is 6. The summed E-state index contributed by atoms with van der Waals surface area (Å²) in [4.78, 5) is 22.6. The third kappa shape index (κ3) is 3.84. The number of halogens is 2. The second-order valence-electron chi connectivity index (χ2n) is 5.16. The van der Waals surface area contributed by atoms with Gasteiger partial charge in [-0.3, -0.25) is 10.1 Å². The van der Waals surface area contributed by atoms with Crippen LogP contribution in [0.15, 0.2) is 30.3 Å². The van der Waals surface area contributed by atoms with Gasteiger partial charge in [0.05, 0.1) is 11.5 Å². The molecule has 0 amide bonds. The standard InChI is InChI=1S/C16H11Cl2NO6/c17-11-1-2-13(14(5-11)19(21)22)16(20)24-7-10-4-12(18)3-9-6-23-8-25-15(9)10/h1-5H,6-8H2. The number of nitro benzene ring substituents is 1. The molecule has 0 atom stereocenters. The zero-order chi connectivity index (χ0) is 18.0. The highest BCUT2D eigenvalue weighted by atomic mass is 35.5. The van der Waals surface area contributed by atoms with Gasteiger partial charge in [0.2, 0.25) is 0 Å². The topological polar surface area (TPSA) is 87.9 Å². The maximum absolute atomic E-state index is 12.2. The number of nitro groups is 1. The summed E-state index contributed by atoms with van der Waals surface area (Å²) in [6.07, 6.45) is 0. The minimum atomic E-state index is -0.843. The highest BCUT2D eigenvalue weighted by molar-refractivity contribution is 6.31. The van der Waals surface area contributed by atoms with Gasteiger partial charge in [0, 0.05) is 27.2 Å². The van der Waals surface area contributed by atoms with Crippen LogP contribution in [-0.4, -0.2) is 17.7 Å². The molecule has 1 aliphatic rings. The summed E-state index contributed by atoms with van der Waals surface area (Å²) < 4.78 is 15.8. The first-order valence-corrected chi connectivity index (χ1v) is 7.84. The Balaban J connectivity index is 1.82. The smallest absolute Gasteiger partial charge is 0.345 e. The molecule has 0 spiro atoms. The van der Waals surface area contributed by atoms with Crippen LogP contribution in [0.5, 0.6) is 5.75 Å². The van der Waals surface area contributed by atoms with Crippen molar-refractivity contribution in [3.8, 4) is 5.75 Å². The van der Waals surface area contributed by atoms with Crippen LogP contribution in [0.2, 0.25) is 10.0 Å². The molecule has 0 unspecified atom stereocenters. The first-order valence-electron chi connectivity index (χ1n) is 7.08. The van der Waals surface area contributed by atoms with Crippen molar-refractivity contribution < 1.29 is 23.9 Å². The van der Waals surface area contributed by atoms with E-state index in [0.29, 0.717) is 22.9 Å². The summed E-state index contributed by atoms with van der Waals surface area (Å²) in [5.41, 5.74) is 0.683. The van der Waals surface area contributed by atoms with Crippen molar-refractivity contribution >= 4 is 34.9 Å². The van der Waals surface area contributed by atoms with E-state index in [9.17, 15) is 14.9 Å². The quantitative estimate of drug-likeness (QED) is 0.448. The van der Waals surface area contributed by atoms with Gasteiger partial charge in [-0.05, 0) is 24.3 Å². The van der Waals surface area contributed by atoms with Crippen LogP contribution in [0.25, 0.3) is 0 Å². The monoisotopic (exact) mass is 383 g/mol. The molecule has 130 valence electrons. The molecule has 1 heterocycles. The Morgan fingerprint density at radius 2 is 2.04 bits per heavy atom. The molecule has 3 rings (SSSR count). The third-order valence-electron chi connectivity index (χ3n) is 3.49. The van der Waals surface area contributed by atoms with Gasteiger partial charge >= 0.3 is 5.97 Å². The van der Waals surface area contributed by atoms with E-state index >= 15 is 0 Å². The number of carbonyl (C=O) groups is 1. The van der Waals surface area contributed by atoms with Crippen LogP contribution >= 0.6 is 23.2 Å².